The number of anilines is 1. The zero-order chi connectivity index (χ0) is 13.1. The van der Waals surface area contributed by atoms with E-state index in [2.05, 4.69) is 20.3 Å². The summed E-state index contributed by atoms with van der Waals surface area (Å²) in [5.74, 6) is -0.738. The van der Waals surface area contributed by atoms with Gasteiger partial charge in [-0.25, -0.2) is 19.7 Å². The fourth-order valence-electron chi connectivity index (χ4n) is 1.41. The van der Waals surface area contributed by atoms with Crippen LogP contribution in [0.25, 0.3) is 0 Å². The van der Waals surface area contributed by atoms with Gasteiger partial charge in [-0.15, -0.1) is 11.3 Å². The van der Waals surface area contributed by atoms with E-state index in [0.29, 0.717) is 18.2 Å². The fourth-order valence-corrected chi connectivity index (χ4v) is 2.13. The van der Waals surface area contributed by atoms with Gasteiger partial charge in [0.1, 0.15) is 0 Å². The zero-order valence-corrected chi connectivity index (χ0v) is 10.8. The SMILES string of the molecule is Cc1cc(C(=O)O)nc(NCc2scnc2C)n1. The molecule has 6 nitrogen and oxygen atoms in total. The summed E-state index contributed by atoms with van der Waals surface area (Å²) in [6.45, 7) is 4.20. The summed E-state index contributed by atoms with van der Waals surface area (Å²) >= 11 is 1.54. The molecular formula is C11H12N4O2S. The van der Waals surface area contributed by atoms with Crippen LogP contribution in [0, 0.1) is 13.8 Å². The number of aryl methyl sites for hydroxylation is 2. The lowest BCUT2D eigenvalue weighted by Crippen LogP contribution is -2.09. The molecular weight excluding hydrogens is 252 g/mol. The minimum atomic E-state index is -1.06. The number of aromatic carboxylic acids is 1. The van der Waals surface area contributed by atoms with Crippen LogP contribution in [0.15, 0.2) is 11.6 Å². The van der Waals surface area contributed by atoms with Crippen molar-refractivity contribution in [3.05, 3.63) is 33.5 Å². The second-order valence-corrected chi connectivity index (χ2v) is 4.68. The van der Waals surface area contributed by atoms with E-state index in [4.69, 9.17) is 5.11 Å². The molecule has 2 rings (SSSR count). The molecule has 0 aliphatic carbocycles. The van der Waals surface area contributed by atoms with Crippen molar-refractivity contribution < 1.29 is 9.90 Å². The molecule has 2 aromatic heterocycles. The number of hydrogen-bond donors (Lipinski definition) is 2. The van der Waals surface area contributed by atoms with Gasteiger partial charge in [0.25, 0.3) is 0 Å². The smallest absolute Gasteiger partial charge is 0.354 e. The van der Waals surface area contributed by atoms with Crippen LogP contribution >= 0.6 is 11.3 Å². The molecule has 0 atom stereocenters. The van der Waals surface area contributed by atoms with Crippen LogP contribution in [-0.4, -0.2) is 26.0 Å². The van der Waals surface area contributed by atoms with Gasteiger partial charge < -0.3 is 10.4 Å². The van der Waals surface area contributed by atoms with Gasteiger partial charge >= 0.3 is 5.97 Å². The standard InChI is InChI=1S/C11H12N4O2S/c1-6-3-8(10(16)17)15-11(14-6)12-4-9-7(2)13-5-18-9/h3,5H,4H2,1-2H3,(H,16,17)(H,12,14,15). The molecule has 0 aliphatic rings. The maximum absolute atomic E-state index is 10.9. The van der Waals surface area contributed by atoms with Crippen molar-refractivity contribution in [2.75, 3.05) is 5.32 Å². The maximum Gasteiger partial charge on any atom is 0.354 e. The first-order chi connectivity index (χ1) is 8.56. The Morgan fingerprint density at radius 3 is 2.83 bits per heavy atom. The summed E-state index contributed by atoms with van der Waals surface area (Å²) in [7, 11) is 0. The Labute approximate surface area is 108 Å². The first-order valence-corrected chi connectivity index (χ1v) is 6.16. The number of nitrogens with one attached hydrogen (secondary N) is 1. The van der Waals surface area contributed by atoms with Gasteiger partial charge in [-0.1, -0.05) is 0 Å². The van der Waals surface area contributed by atoms with Crippen LogP contribution < -0.4 is 5.32 Å². The average Bonchev–Trinajstić information content (AvgIpc) is 2.71. The number of aromatic nitrogens is 3. The third-order valence-corrected chi connectivity index (χ3v) is 3.26. The van der Waals surface area contributed by atoms with Gasteiger partial charge in [-0.2, -0.15) is 0 Å². The van der Waals surface area contributed by atoms with Crippen LogP contribution in [0.1, 0.15) is 26.8 Å². The second-order valence-electron chi connectivity index (χ2n) is 3.74. The molecule has 0 amide bonds. The van der Waals surface area contributed by atoms with Crippen LogP contribution in [0.4, 0.5) is 5.95 Å². The molecule has 7 heteroatoms. The predicted molar refractivity (Wildman–Crippen MR) is 67.9 cm³/mol. The number of thiazole rings is 1. The van der Waals surface area contributed by atoms with E-state index in [1.54, 1.807) is 12.4 Å². The van der Waals surface area contributed by atoms with E-state index in [1.165, 1.54) is 17.4 Å². The van der Waals surface area contributed by atoms with Crippen molar-refractivity contribution in [1.29, 1.82) is 0 Å². The quantitative estimate of drug-likeness (QED) is 0.876. The van der Waals surface area contributed by atoms with E-state index in [-0.39, 0.29) is 5.69 Å². The zero-order valence-electron chi connectivity index (χ0n) is 9.97. The molecule has 0 aliphatic heterocycles. The monoisotopic (exact) mass is 264 g/mol. The molecule has 2 aromatic rings. The molecule has 0 spiro atoms. The maximum atomic E-state index is 10.9. The van der Waals surface area contributed by atoms with Gasteiger partial charge in [0.05, 0.1) is 17.7 Å². The minimum absolute atomic E-state index is 0.00831. The first-order valence-electron chi connectivity index (χ1n) is 5.28. The van der Waals surface area contributed by atoms with Crippen LogP contribution in [0.2, 0.25) is 0 Å². The molecule has 2 N–H and O–H groups in total. The third kappa shape index (κ3) is 2.80. The summed E-state index contributed by atoms with van der Waals surface area (Å²) in [6, 6.07) is 1.44. The predicted octanol–water partition coefficient (Wildman–Crippen LogP) is 1.86. The third-order valence-electron chi connectivity index (χ3n) is 2.33. The summed E-state index contributed by atoms with van der Waals surface area (Å²) in [6.07, 6.45) is 0. The van der Waals surface area contributed by atoms with Crippen molar-refractivity contribution in [1.82, 2.24) is 15.0 Å². The van der Waals surface area contributed by atoms with Crippen LogP contribution in [-0.2, 0) is 6.54 Å². The molecule has 0 saturated carbocycles. The average molecular weight is 264 g/mol. The van der Waals surface area contributed by atoms with E-state index >= 15 is 0 Å². The lowest BCUT2D eigenvalue weighted by molar-refractivity contribution is 0.0690. The van der Waals surface area contributed by atoms with Gasteiger partial charge in [0.2, 0.25) is 5.95 Å². The Kier molecular flexibility index (Phi) is 3.52. The number of carbonyl (C=O) groups is 1. The van der Waals surface area contributed by atoms with Gasteiger partial charge in [0, 0.05) is 10.6 Å². The highest BCUT2D eigenvalue weighted by Crippen LogP contribution is 2.14. The molecule has 94 valence electrons. The Hall–Kier alpha value is -2.02. The molecule has 0 bridgehead atoms. The Balaban J connectivity index is 2.14. The highest BCUT2D eigenvalue weighted by molar-refractivity contribution is 7.09. The lowest BCUT2D eigenvalue weighted by Gasteiger charge is -2.05. The van der Waals surface area contributed by atoms with Crippen molar-refractivity contribution in [2.45, 2.75) is 20.4 Å². The molecule has 0 unspecified atom stereocenters. The number of hydrogen-bond acceptors (Lipinski definition) is 6. The van der Waals surface area contributed by atoms with Crippen molar-refractivity contribution in [3.8, 4) is 0 Å². The molecule has 18 heavy (non-hydrogen) atoms. The van der Waals surface area contributed by atoms with E-state index < -0.39 is 5.97 Å². The van der Waals surface area contributed by atoms with Crippen LogP contribution in [0.3, 0.4) is 0 Å². The Bertz CT molecular complexity index is 582. The molecule has 0 saturated heterocycles. The van der Waals surface area contributed by atoms with E-state index in [9.17, 15) is 4.79 Å². The number of carboxylic acids is 1. The number of rotatable bonds is 4. The topological polar surface area (TPSA) is 88.0 Å². The van der Waals surface area contributed by atoms with Crippen molar-refractivity contribution in [2.24, 2.45) is 0 Å². The molecule has 0 aromatic carbocycles. The molecule has 2 heterocycles. The summed E-state index contributed by atoms with van der Waals surface area (Å²) in [5, 5.41) is 11.9. The van der Waals surface area contributed by atoms with Gasteiger partial charge in [0.15, 0.2) is 5.69 Å². The molecule has 0 fully saturated rings. The second kappa shape index (κ2) is 5.09. The highest BCUT2D eigenvalue weighted by atomic mass is 32.1. The molecule has 0 radical (unpaired) electrons. The van der Waals surface area contributed by atoms with Crippen molar-refractivity contribution in [3.63, 3.8) is 0 Å². The number of nitrogens with zero attached hydrogens (tertiary/aromatic N) is 3. The van der Waals surface area contributed by atoms with Crippen LogP contribution in [0.5, 0.6) is 0 Å². The summed E-state index contributed by atoms with van der Waals surface area (Å²) in [4.78, 5) is 24.2. The largest absolute Gasteiger partial charge is 0.477 e. The highest BCUT2D eigenvalue weighted by Gasteiger charge is 2.09. The lowest BCUT2D eigenvalue weighted by atomic mass is 10.3. The normalized spacial score (nSPS) is 10.3. The van der Waals surface area contributed by atoms with E-state index in [0.717, 1.165) is 10.6 Å². The summed E-state index contributed by atoms with van der Waals surface area (Å²) in [5.41, 5.74) is 3.34. The first kappa shape index (κ1) is 12.4. The number of carboxylic acid groups (broad SMARTS) is 1. The van der Waals surface area contributed by atoms with Gasteiger partial charge in [-0.05, 0) is 19.9 Å². The Morgan fingerprint density at radius 2 is 2.22 bits per heavy atom. The fraction of sp³-hybridized carbons (Fsp3) is 0.273. The van der Waals surface area contributed by atoms with E-state index in [1.807, 2.05) is 6.92 Å². The van der Waals surface area contributed by atoms with Crippen molar-refractivity contribution >= 4 is 23.3 Å². The Morgan fingerprint density at radius 1 is 1.44 bits per heavy atom. The minimum Gasteiger partial charge on any atom is -0.477 e. The summed E-state index contributed by atoms with van der Waals surface area (Å²) < 4.78 is 0. The van der Waals surface area contributed by atoms with Gasteiger partial charge in [-0.3, -0.25) is 0 Å².